The lowest BCUT2D eigenvalue weighted by Gasteiger charge is -2.10. The van der Waals surface area contributed by atoms with Crippen LogP contribution in [0.4, 0.5) is 0 Å². The molecule has 0 bridgehead atoms. The lowest BCUT2D eigenvalue weighted by Crippen LogP contribution is -2.26. The van der Waals surface area contributed by atoms with Crippen molar-refractivity contribution in [2.75, 3.05) is 13.2 Å². The average molecular weight is 318 g/mol. The van der Waals surface area contributed by atoms with Gasteiger partial charge in [0.05, 0.1) is 6.61 Å². The quantitative estimate of drug-likeness (QED) is 0.620. The Morgan fingerprint density at radius 1 is 1.30 bits per heavy atom. The van der Waals surface area contributed by atoms with E-state index in [1.165, 1.54) is 12.1 Å². The van der Waals surface area contributed by atoms with E-state index in [2.05, 4.69) is 0 Å². The molecule has 1 saturated heterocycles. The summed E-state index contributed by atoms with van der Waals surface area (Å²) in [6.45, 7) is 1.70. The van der Waals surface area contributed by atoms with Gasteiger partial charge in [-0.2, -0.15) is 0 Å². The van der Waals surface area contributed by atoms with Gasteiger partial charge in [0.25, 0.3) is 0 Å². The highest BCUT2D eigenvalue weighted by atomic mass is 16.6. The molecule has 0 N–H and O–H groups in total. The molecule has 1 aromatic heterocycles. The van der Waals surface area contributed by atoms with E-state index in [0.717, 1.165) is 10.9 Å². The van der Waals surface area contributed by atoms with Crippen LogP contribution in [0.5, 0.6) is 5.75 Å². The molecule has 0 amide bonds. The van der Waals surface area contributed by atoms with Gasteiger partial charge in [0, 0.05) is 23.9 Å². The number of ether oxygens (including phenoxy) is 3. The number of carbonyl (C=O) groups is 2. The molecule has 23 heavy (non-hydrogen) atoms. The monoisotopic (exact) mass is 318 g/mol. The zero-order chi connectivity index (χ0) is 16.4. The number of esters is 2. The minimum Gasteiger partial charge on any atom is -0.482 e. The maximum absolute atomic E-state index is 11.7. The van der Waals surface area contributed by atoms with Crippen molar-refractivity contribution in [3.8, 4) is 5.75 Å². The topological polar surface area (TPSA) is 92.0 Å². The summed E-state index contributed by atoms with van der Waals surface area (Å²) >= 11 is 0. The Kier molecular flexibility index (Phi) is 4.01. The third-order valence-corrected chi connectivity index (χ3v) is 3.44. The predicted molar refractivity (Wildman–Crippen MR) is 78.2 cm³/mol. The standard InChI is InChI=1S/C16H14O7/c1-9-6-14(17)23-13-7-10(2-3-11(9)13)21-8-15(18)22-12-4-5-20-16(12)19/h2-3,6-7,12H,4-5,8H2,1H3. The molecule has 1 aliphatic heterocycles. The average Bonchev–Trinajstić information content (AvgIpc) is 2.90. The van der Waals surface area contributed by atoms with Crippen LogP contribution in [-0.2, 0) is 19.1 Å². The SMILES string of the molecule is Cc1cc(=O)oc2cc(OCC(=O)OC3CCOC3=O)ccc12. The van der Waals surface area contributed by atoms with Crippen LogP contribution in [0.1, 0.15) is 12.0 Å². The number of benzene rings is 1. The van der Waals surface area contributed by atoms with E-state index in [4.69, 9.17) is 18.6 Å². The number of hydrogen-bond donors (Lipinski definition) is 0. The Labute approximate surface area is 130 Å². The molecule has 7 heteroatoms. The van der Waals surface area contributed by atoms with Crippen LogP contribution in [0.2, 0.25) is 0 Å². The highest BCUT2D eigenvalue weighted by Crippen LogP contribution is 2.22. The Balaban J connectivity index is 1.66. The molecule has 0 spiro atoms. The molecule has 0 aliphatic carbocycles. The lowest BCUT2D eigenvalue weighted by molar-refractivity contribution is -0.161. The van der Waals surface area contributed by atoms with Crippen LogP contribution in [0.15, 0.2) is 33.5 Å². The third-order valence-electron chi connectivity index (χ3n) is 3.44. The van der Waals surface area contributed by atoms with Crippen LogP contribution in [0.3, 0.4) is 0 Å². The number of rotatable bonds is 4. The van der Waals surface area contributed by atoms with E-state index in [1.54, 1.807) is 19.1 Å². The van der Waals surface area contributed by atoms with Crippen LogP contribution in [0, 0.1) is 6.92 Å². The maximum Gasteiger partial charge on any atom is 0.347 e. The second-order valence-corrected chi connectivity index (χ2v) is 5.13. The minimum atomic E-state index is -0.858. The van der Waals surface area contributed by atoms with Crippen molar-refractivity contribution < 1.29 is 28.2 Å². The van der Waals surface area contributed by atoms with E-state index in [0.29, 0.717) is 17.8 Å². The van der Waals surface area contributed by atoms with E-state index in [9.17, 15) is 14.4 Å². The first-order chi connectivity index (χ1) is 11.0. The highest BCUT2D eigenvalue weighted by molar-refractivity contribution is 5.82. The van der Waals surface area contributed by atoms with Crippen molar-refractivity contribution in [1.29, 1.82) is 0 Å². The van der Waals surface area contributed by atoms with Crippen molar-refractivity contribution in [1.82, 2.24) is 0 Å². The van der Waals surface area contributed by atoms with Crippen molar-refractivity contribution in [2.24, 2.45) is 0 Å². The molecule has 1 unspecified atom stereocenters. The van der Waals surface area contributed by atoms with Crippen molar-refractivity contribution >= 4 is 22.9 Å². The number of hydrogen-bond acceptors (Lipinski definition) is 7. The van der Waals surface area contributed by atoms with Gasteiger partial charge in [0.1, 0.15) is 11.3 Å². The highest BCUT2D eigenvalue weighted by Gasteiger charge is 2.30. The second-order valence-electron chi connectivity index (χ2n) is 5.13. The maximum atomic E-state index is 11.7. The van der Waals surface area contributed by atoms with E-state index in [-0.39, 0.29) is 13.2 Å². The molecule has 2 heterocycles. The van der Waals surface area contributed by atoms with Crippen LogP contribution >= 0.6 is 0 Å². The summed E-state index contributed by atoms with van der Waals surface area (Å²) in [5, 5.41) is 0.785. The zero-order valence-electron chi connectivity index (χ0n) is 12.4. The molecule has 2 aromatic rings. The Bertz CT molecular complexity index is 821. The molecule has 0 saturated carbocycles. The molecule has 7 nitrogen and oxygen atoms in total. The Morgan fingerprint density at radius 2 is 2.13 bits per heavy atom. The summed E-state index contributed by atoms with van der Waals surface area (Å²) in [6.07, 6.45) is -0.506. The normalized spacial score (nSPS) is 17.1. The predicted octanol–water partition coefficient (Wildman–Crippen LogP) is 1.34. The Morgan fingerprint density at radius 3 is 2.87 bits per heavy atom. The molecule has 1 aliphatic rings. The first-order valence-electron chi connectivity index (χ1n) is 7.06. The molecular weight excluding hydrogens is 304 g/mol. The molecule has 0 radical (unpaired) electrons. The fourth-order valence-corrected chi connectivity index (χ4v) is 2.31. The van der Waals surface area contributed by atoms with Crippen molar-refractivity contribution in [3.63, 3.8) is 0 Å². The molecule has 3 rings (SSSR count). The summed E-state index contributed by atoms with van der Waals surface area (Å²) in [5.74, 6) is -0.849. The van der Waals surface area contributed by atoms with Crippen LogP contribution in [0.25, 0.3) is 11.0 Å². The smallest absolute Gasteiger partial charge is 0.347 e. The summed E-state index contributed by atoms with van der Waals surface area (Å²) in [4.78, 5) is 34.3. The van der Waals surface area contributed by atoms with E-state index < -0.39 is 23.7 Å². The zero-order valence-corrected chi connectivity index (χ0v) is 12.4. The number of carbonyl (C=O) groups excluding carboxylic acids is 2. The van der Waals surface area contributed by atoms with Gasteiger partial charge in [0.2, 0.25) is 6.10 Å². The summed E-state index contributed by atoms with van der Waals surface area (Å²) < 4.78 is 20.1. The van der Waals surface area contributed by atoms with E-state index in [1.807, 2.05) is 0 Å². The van der Waals surface area contributed by atoms with Gasteiger partial charge in [-0.3, -0.25) is 0 Å². The minimum absolute atomic E-state index is 0.251. The third kappa shape index (κ3) is 3.33. The van der Waals surface area contributed by atoms with Crippen LogP contribution in [-0.4, -0.2) is 31.3 Å². The fourth-order valence-electron chi connectivity index (χ4n) is 2.31. The van der Waals surface area contributed by atoms with Gasteiger partial charge in [-0.25, -0.2) is 14.4 Å². The molecule has 1 aromatic carbocycles. The lowest BCUT2D eigenvalue weighted by atomic mass is 10.1. The fraction of sp³-hybridized carbons (Fsp3) is 0.312. The summed E-state index contributed by atoms with van der Waals surface area (Å²) in [5.41, 5.74) is 0.716. The molecule has 1 fully saturated rings. The second kappa shape index (κ2) is 6.12. The largest absolute Gasteiger partial charge is 0.482 e. The molecule has 120 valence electrons. The van der Waals surface area contributed by atoms with Gasteiger partial charge in [-0.15, -0.1) is 0 Å². The first kappa shape index (κ1) is 15.1. The number of aryl methyl sites for hydroxylation is 1. The van der Waals surface area contributed by atoms with Gasteiger partial charge < -0.3 is 18.6 Å². The number of fused-ring (bicyclic) bond motifs is 1. The summed E-state index contributed by atoms with van der Waals surface area (Å²) in [6, 6.07) is 6.33. The van der Waals surface area contributed by atoms with Gasteiger partial charge in [-0.05, 0) is 24.6 Å². The van der Waals surface area contributed by atoms with Crippen LogP contribution < -0.4 is 10.4 Å². The van der Waals surface area contributed by atoms with Crippen molar-refractivity contribution in [2.45, 2.75) is 19.4 Å². The molecular formula is C16H14O7. The number of cyclic esters (lactones) is 1. The van der Waals surface area contributed by atoms with Crippen molar-refractivity contribution in [3.05, 3.63) is 40.2 Å². The first-order valence-corrected chi connectivity index (χ1v) is 7.06. The van der Waals surface area contributed by atoms with E-state index >= 15 is 0 Å². The summed E-state index contributed by atoms with van der Waals surface area (Å²) in [7, 11) is 0. The Hall–Kier alpha value is -2.83. The molecule has 1 atom stereocenters. The van der Waals surface area contributed by atoms with Gasteiger partial charge >= 0.3 is 17.6 Å². The van der Waals surface area contributed by atoms with Gasteiger partial charge in [-0.1, -0.05) is 0 Å². The van der Waals surface area contributed by atoms with Gasteiger partial charge in [0.15, 0.2) is 6.61 Å².